The monoisotopic (exact) mass is 387 g/mol. The molecule has 27 heavy (non-hydrogen) atoms. The summed E-state index contributed by atoms with van der Waals surface area (Å²) in [5.41, 5.74) is 6.81. The molecule has 0 aliphatic carbocycles. The molecule has 3 N–H and O–H groups in total. The Kier molecular flexibility index (Phi) is 7.88. The van der Waals surface area contributed by atoms with Crippen LogP contribution in [0.15, 0.2) is 48.5 Å². The van der Waals surface area contributed by atoms with Crippen molar-refractivity contribution in [3.63, 3.8) is 0 Å². The molecular weight excluding hydrogens is 362 g/mol. The third-order valence-electron chi connectivity index (χ3n) is 3.58. The van der Waals surface area contributed by atoms with E-state index in [1.807, 2.05) is 30.3 Å². The molecule has 0 radical (unpaired) electrons. The number of ether oxygens (including phenoxy) is 2. The van der Waals surface area contributed by atoms with Gasteiger partial charge in [-0.15, -0.1) is 0 Å². The van der Waals surface area contributed by atoms with E-state index in [4.69, 9.17) is 21.7 Å². The molecule has 1 amide bonds. The number of hydrogen-bond acceptors (Lipinski definition) is 4. The van der Waals surface area contributed by atoms with E-state index in [1.54, 1.807) is 25.3 Å². The molecule has 7 heteroatoms. The molecule has 0 aromatic heterocycles. The Balaban J connectivity index is 1.78. The summed E-state index contributed by atoms with van der Waals surface area (Å²) in [6.07, 6.45) is 0. The largest absolute Gasteiger partial charge is 0.497 e. The van der Waals surface area contributed by atoms with Crippen LogP contribution in [0.2, 0.25) is 0 Å². The number of hydrogen-bond donors (Lipinski definition) is 3. The average Bonchev–Trinajstić information content (AvgIpc) is 2.69. The highest BCUT2D eigenvalue weighted by atomic mass is 32.1. The van der Waals surface area contributed by atoms with Gasteiger partial charge in [0, 0.05) is 12.1 Å². The topological polar surface area (TPSA) is 71.6 Å². The second kappa shape index (κ2) is 10.4. The van der Waals surface area contributed by atoms with E-state index >= 15 is 0 Å². The van der Waals surface area contributed by atoms with Crippen molar-refractivity contribution < 1.29 is 14.3 Å². The first-order valence-electron chi connectivity index (χ1n) is 8.68. The number of amides is 1. The SMILES string of the molecule is COc1ccc(CNC(=S)NNC(=O)c2cccc(OCC(C)C)c2)cc1. The van der Waals surface area contributed by atoms with Crippen molar-refractivity contribution in [2.24, 2.45) is 5.92 Å². The minimum atomic E-state index is -0.293. The van der Waals surface area contributed by atoms with Crippen LogP contribution < -0.4 is 25.6 Å². The van der Waals surface area contributed by atoms with E-state index < -0.39 is 0 Å². The third-order valence-corrected chi connectivity index (χ3v) is 3.83. The summed E-state index contributed by atoms with van der Waals surface area (Å²) < 4.78 is 10.8. The predicted molar refractivity (Wildman–Crippen MR) is 110 cm³/mol. The fourth-order valence-electron chi connectivity index (χ4n) is 2.15. The molecule has 0 heterocycles. The molecule has 2 aromatic rings. The molecule has 2 aromatic carbocycles. The Morgan fingerprint density at radius 2 is 1.81 bits per heavy atom. The first-order valence-corrected chi connectivity index (χ1v) is 9.08. The average molecular weight is 388 g/mol. The van der Waals surface area contributed by atoms with Crippen molar-refractivity contribution in [2.75, 3.05) is 13.7 Å². The number of nitrogens with one attached hydrogen (secondary N) is 3. The highest BCUT2D eigenvalue weighted by Gasteiger charge is 2.07. The van der Waals surface area contributed by atoms with E-state index in [-0.39, 0.29) is 5.91 Å². The zero-order valence-corrected chi connectivity index (χ0v) is 16.6. The van der Waals surface area contributed by atoms with Gasteiger partial charge < -0.3 is 14.8 Å². The molecule has 6 nitrogen and oxygen atoms in total. The summed E-state index contributed by atoms with van der Waals surface area (Å²) in [6, 6.07) is 14.7. The second-order valence-corrected chi connectivity index (χ2v) is 6.75. The lowest BCUT2D eigenvalue weighted by atomic mass is 10.2. The lowest BCUT2D eigenvalue weighted by molar-refractivity contribution is 0.0943. The Morgan fingerprint density at radius 3 is 2.48 bits per heavy atom. The first kappa shape index (κ1) is 20.5. The van der Waals surface area contributed by atoms with Gasteiger partial charge in [-0.1, -0.05) is 32.0 Å². The Bertz CT molecular complexity index is 763. The molecule has 2 rings (SSSR count). The maximum atomic E-state index is 12.3. The van der Waals surface area contributed by atoms with Gasteiger partial charge in [0.15, 0.2) is 5.11 Å². The van der Waals surface area contributed by atoms with Crippen LogP contribution in [0.3, 0.4) is 0 Å². The van der Waals surface area contributed by atoms with Crippen molar-refractivity contribution >= 4 is 23.2 Å². The van der Waals surface area contributed by atoms with Crippen LogP contribution in [0.1, 0.15) is 29.8 Å². The van der Waals surface area contributed by atoms with Crippen LogP contribution in [-0.2, 0) is 6.54 Å². The number of carbonyl (C=O) groups excluding carboxylic acids is 1. The zero-order chi connectivity index (χ0) is 19.6. The normalized spacial score (nSPS) is 10.2. The van der Waals surface area contributed by atoms with Gasteiger partial charge in [-0.2, -0.15) is 0 Å². The Morgan fingerprint density at radius 1 is 1.07 bits per heavy atom. The minimum Gasteiger partial charge on any atom is -0.497 e. The van der Waals surface area contributed by atoms with Crippen molar-refractivity contribution in [1.29, 1.82) is 0 Å². The van der Waals surface area contributed by atoms with Crippen molar-refractivity contribution in [2.45, 2.75) is 20.4 Å². The molecule has 144 valence electrons. The first-order chi connectivity index (χ1) is 13.0. The van der Waals surface area contributed by atoms with Gasteiger partial charge in [0.25, 0.3) is 5.91 Å². The van der Waals surface area contributed by atoms with Gasteiger partial charge in [0.05, 0.1) is 13.7 Å². The molecule has 0 unspecified atom stereocenters. The molecule has 0 fully saturated rings. The summed E-state index contributed by atoms with van der Waals surface area (Å²) in [7, 11) is 1.63. The van der Waals surface area contributed by atoms with Crippen molar-refractivity contribution in [3.8, 4) is 11.5 Å². The van der Waals surface area contributed by atoms with Crippen LogP contribution in [0.25, 0.3) is 0 Å². The summed E-state index contributed by atoms with van der Waals surface area (Å²) in [6.45, 7) is 5.27. The maximum Gasteiger partial charge on any atom is 0.269 e. The summed E-state index contributed by atoms with van der Waals surface area (Å²) in [5.74, 6) is 1.58. The summed E-state index contributed by atoms with van der Waals surface area (Å²) >= 11 is 5.18. The molecule has 0 bridgehead atoms. The summed E-state index contributed by atoms with van der Waals surface area (Å²) in [5, 5.41) is 3.35. The van der Waals surface area contributed by atoms with Gasteiger partial charge in [0.1, 0.15) is 11.5 Å². The molecule has 0 spiro atoms. The third kappa shape index (κ3) is 7.15. The van der Waals surface area contributed by atoms with Crippen molar-refractivity contribution in [3.05, 3.63) is 59.7 Å². The van der Waals surface area contributed by atoms with Gasteiger partial charge in [-0.05, 0) is 54.0 Å². The lowest BCUT2D eigenvalue weighted by Crippen LogP contribution is -2.46. The molecule has 0 atom stereocenters. The number of methoxy groups -OCH3 is 1. The number of rotatable bonds is 7. The highest BCUT2D eigenvalue weighted by molar-refractivity contribution is 7.80. The van der Waals surface area contributed by atoms with Crippen LogP contribution in [0, 0.1) is 5.92 Å². The molecular formula is C20H25N3O3S. The predicted octanol–water partition coefficient (Wildman–Crippen LogP) is 3.04. The van der Waals surface area contributed by atoms with Crippen LogP contribution in [-0.4, -0.2) is 24.7 Å². The highest BCUT2D eigenvalue weighted by Crippen LogP contribution is 2.14. The fraction of sp³-hybridized carbons (Fsp3) is 0.300. The van der Waals surface area contributed by atoms with E-state index in [0.717, 1.165) is 11.3 Å². The van der Waals surface area contributed by atoms with E-state index in [0.29, 0.717) is 35.5 Å². The maximum absolute atomic E-state index is 12.3. The van der Waals surface area contributed by atoms with E-state index in [2.05, 4.69) is 30.0 Å². The quantitative estimate of drug-likeness (QED) is 0.501. The summed E-state index contributed by atoms with van der Waals surface area (Å²) in [4.78, 5) is 12.3. The van der Waals surface area contributed by atoms with Crippen LogP contribution in [0.4, 0.5) is 0 Å². The standard InChI is InChI=1S/C20H25N3O3S/c1-14(2)13-26-18-6-4-5-16(11-18)19(24)22-23-20(27)21-12-15-7-9-17(25-3)10-8-15/h4-11,14H,12-13H2,1-3H3,(H,22,24)(H2,21,23,27). The molecule has 0 saturated heterocycles. The smallest absolute Gasteiger partial charge is 0.269 e. The number of hydrazine groups is 1. The second-order valence-electron chi connectivity index (χ2n) is 6.34. The van der Waals surface area contributed by atoms with Gasteiger partial charge in [0.2, 0.25) is 0 Å². The number of carbonyl (C=O) groups is 1. The van der Waals surface area contributed by atoms with Crippen LogP contribution in [0.5, 0.6) is 11.5 Å². The molecule has 0 aliphatic heterocycles. The fourth-order valence-corrected chi connectivity index (χ4v) is 2.27. The lowest BCUT2D eigenvalue weighted by Gasteiger charge is -2.13. The molecule has 0 saturated carbocycles. The van der Waals surface area contributed by atoms with Crippen LogP contribution >= 0.6 is 12.2 Å². The zero-order valence-electron chi connectivity index (χ0n) is 15.7. The molecule has 0 aliphatic rings. The van der Waals surface area contributed by atoms with Gasteiger partial charge in [-0.25, -0.2) is 0 Å². The Labute approximate surface area is 165 Å². The Hall–Kier alpha value is -2.80. The number of thiocarbonyl (C=S) groups is 1. The van der Waals surface area contributed by atoms with Gasteiger partial charge >= 0.3 is 0 Å². The van der Waals surface area contributed by atoms with E-state index in [9.17, 15) is 4.79 Å². The van der Waals surface area contributed by atoms with Crippen molar-refractivity contribution in [1.82, 2.24) is 16.2 Å². The minimum absolute atomic E-state index is 0.293. The number of benzene rings is 2. The van der Waals surface area contributed by atoms with E-state index in [1.165, 1.54) is 0 Å². The van der Waals surface area contributed by atoms with Gasteiger partial charge in [-0.3, -0.25) is 15.6 Å².